The van der Waals surface area contributed by atoms with Crippen LogP contribution in [0.15, 0.2) is 117 Å². The van der Waals surface area contributed by atoms with Crippen molar-refractivity contribution in [3.63, 3.8) is 0 Å². The molecule has 4 rings (SSSR count). The maximum Gasteiger partial charge on any atom is 0.262 e. The van der Waals surface area contributed by atoms with E-state index in [1.54, 1.807) is 0 Å². The van der Waals surface area contributed by atoms with Crippen LogP contribution in [0.5, 0.6) is 0 Å². The van der Waals surface area contributed by atoms with Crippen LogP contribution in [-0.2, 0) is 20.9 Å². The average Bonchev–Trinajstić information content (AvgIpc) is 2.75. The van der Waals surface area contributed by atoms with Crippen LogP contribution < -0.4 is 4.72 Å². The van der Waals surface area contributed by atoms with E-state index in [1.165, 1.54) is 0 Å². The Bertz CT molecular complexity index is 1270. The Labute approximate surface area is 193 Å². The predicted molar refractivity (Wildman–Crippen MR) is 133 cm³/mol. The van der Waals surface area contributed by atoms with Crippen LogP contribution >= 0.6 is 0 Å². The molecule has 5 heteroatoms. The monoisotopic (exact) mass is 460 g/mol. The fourth-order valence-electron chi connectivity index (χ4n) is 4.02. The molecule has 0 saturated carbocycles. The highest BCUT2D eigenvalue weighted by Crippen LogP contribution is 2.36. The van der Waals surface area contributed by atoms with Crippen molar-refractivity contribution in [2.45, 2.75) is 40.4 Å². The molecule has 0 spiro atoms. The largest absolute Gasteiger partial charge is 0.275 e. The molecule has 0 saturated heterocycles. The van der Waals surface area contributed by atoms with E-state index in [9.17, 15) is 8.42 Å². The first-order valence-corrected chi connectivity index (χ1v) is 13.1. The van der Waals surface area contributed by atoms with Gasteiger partial charge in [-0.1, -0.05) is 66.2 Å². The minimum Gasteiger partial charge on any atom is -0.275 e. The molecule has 0 aliphatic carbocycles. The van der Waals surface area contributed by atoms with Crippen LogP contribution in [0.25, 0.3) is 0 Å². The SMILES string of the molecule is Cc1cc(C)c(S(=O)(=O)Nc2ccccc2[S+](c2ccccc2)c2ccccc2)c(C)c1. The normalized spacial score (nSPS) is 11.5. The van der Waals surface area contributed by atoms with E-state index < -0.39 is 20.9 Å². The number of aryl methyl sites for hydroxylation is 3. The number of sulfonamides is 1. The molecular formula is C27H26NO2S2+. The van der Waals surface area contributed by atoms with E-state index in [1.807, 2.05) is 93.6 Å². The first-order valence-electron chi connectivity index (χ1n) is 10.4. The lowest BCUT2D eigenvalue weighted by Crippen LogP contribution is -2.18. The second kappa shape index (κ2) is 9.23. The highest BCUT2D eigenvalue weighted by atomic mass is 32.2. The van der Waals surface area contributed by atoms with Crippen LogP contribution in [0.2, 0.25) is 0 Å². The van der Waals surface area contributed by atoms with Crippen LogP contribution in [0.1, 0.15) is 16.7 Å². The van der Waals surface area contributed by atoms with Crippen molar-refractivity contribution in [1.82, 2.24) is 0 Å². The van der Waals surface area contributed by atoms with Gasteiger partial charge in [0.2, 0.25) is 0 Å². The second-order valence-corrected chi connectivity index (χ2v) is 11.4. The molecule has 0 bridgehead atoms. The van der Waals surface area contributed by atoms with E-state index in [-0.39, 0.29) is 0 Å². The summed E-state index contributed by atoms with van der Waals surface area (Å²) in [7, 11) is -4.22. The van der Waals surface area contributed by atoms with Crippen LogP contribution in [0.3, 0.4) is 0 Å². The highest BCUT2D eigenvalue weighted by Gasteiger charge is 2.32. The van der Waals surface area contributed by atoms with Crippen molar-refractivity contribution >= 4 is 26.6 Å². The highest BCUT2D eigenvalue weighted by molar-refractivity contribution is 7.97. The Morgan fingerprint density at radius 2 is 1.12 bits per heavy atom. The molecular weight excluding hydrogens is 434 g/mol. The minimum atomic E-state index is -3.76. The first-order chi connectivity index (χ1) is 15.4. The third kappa shape index (κ3) is 4.59. The summed E-state index contributed by atoms with van der Waals surface area (Å²) in [5, 5.41) is 0. The number of para-hydroxylation sites is 1. The molecule has 0 unspecified atom stereocenters. The van der Waals surface area contributed by atoms with Gasteiger partial charge in [-0.05, 0) is 68.3 Å². The van der Waals surface area contributed by atoms with E-state index >= 15 is 0 Å². The van der Waals surface area contributed by atoms with Gasteiger partial charge in [-0.3, -0.25) is 4.72 Å². The molecule has 1 N–H and O–H groups in total. The molecule has 4 aromatic carbocycles. The van der Waals surface area contributed by atoms with Crippen LogP contribution in [0, 0.1) is 20.8 Å². The van der Waals surface area contributed by atoms with Gasteiger partial charge in [0.05, 0.1) is 4.90 Å². The third-order valence-corrected chi connectivity index (χ3v) is 9.14. The smallest absolute Gasteiger partial charge is 0.262 e. The Kier molecular flexibility index (Phi) is 6.40. The van der Waals surface area contributed by atoms with Gasteiger partial charge in [0.25, 0.3) is 10.0 Å². The lowest BCUT2D eigenvalue weighted by molar-refractivity contribution is 0.600. The van der Waals surface area contributed by atoms with Crippen molar-refractivity contribution < 1.29 is 8.42 Å². The maximum atomic E-state index is 13.5. The van der Waals surface area contributed by atoms with E-state index in [2.05, 4.69) is 29.0 Å². The molecule has 0 heterocycles. The Balaban J connectivity index is 1.84. The predicted octanol–water partition coefficient (Wildman–Crippen LogP) is 6.51. The topological polar surface area (TPSA) is 46.2 Å². The molecule has 0 amide bonds. The fourth-order valence-corrected chi connectivity index (χ4v) is 7.81. The van der Waals surface area contributed by atoms with Gasteiger partial charge in [0.1, 0.15) is 16.6 Å². The average molecular weight is 461 g/mol. The Morgan fingerprint density at radius 1 is 0.656 bits per heavy atom. The molecule has 32 heavy (non-hydrogen) atoms. The van der Waals surface area contributed by atoms with Crippen LogP contribution in [0.4, 0.5) is 5.69 Å². The maximum absolute atomic E-state index is 13.5. The second-order valence-electron chi connectivity index (χ2n) is 7.76. The number of anilines is 1. The summed E-state index contributed by atoms with van der Waals surface area (Å²) in [6.07, 6.45) is 0. The molecule has 3 nitrogen and oxygen atoms in total. The van der Waals surface area contributed by atoms with Crippen molar-refractivity contribution in [2.75, 3.05) is 4.72 Å². The fraction of sp³-hybridized carbons (Fsp3) is 0.111. The minimum absolute atomic E-state index is 0.345. The zero-order valence-electron chi connectivity index (χ0n) is 18.4. The van der Waals surface area contributed by atoms with Gasteiger partial charge in [0.15, 0.2) is 14.7 Å². The summed E-state index contributed by atoms with van der Waals surface area (Å²) in [4.78, 5) is 3.55. The number of hydrogen-bond donors (Lipinski definition) is 1. The number of rotatable bonds is 6. The van der Waals surface area contributed by atoms with Crippen molar-refractivity contribution in [1.29, 1.82) is 0 Å². The van der Waals surface area contributed by atoms with Crippen molar-refractivity contribution in [3.05, 3.63) is 114 Å². The van der Waals surface area contributed by atoms with Gasteiger partial charge in [-0.2, -0.15) is 0 Å². The quantitative estimate of drug-likeness (QED) is 0.334. The molecule has 0 aromatic heterocycles. The van der Waals surface area contributed by atoms with Gasteiger partial charge in [0, 0.05) is 0 Å². The van der Waals surface area contributed by atoms with E-state index in [0.717, 1.165) is 31.4 Å². The summed E-state index contributed by atoms with van der Waals surface area (Å²) in [6, 6.07) is 31.9. The molecule has 0 atom stereocenters. The molecule has 0 aliphatic rings. The zero-order valence-corrected chi connectivity index (χ0v) is 20.0. The summed E-state index contributed by atoms with van der Waals surface area (Å²) in [6.45, 7) is 5.67. The van der Waals surface area contributed by atoms with Crippen molar-refractivity contribution in [3.8, 4) is 0 Å². The first kappa shape index (κ1) is 22.2. The lowest BCUT2D eigenvalue weighted by atomic mass is 10.1. The number of benzene rings is 4. The van der Waals surface area contributed by atoms with E-state index in [4.69, 9.17) is 0 Å². The zero-order chi connectivity index (χ0) is 22.7. The lowest BCUT2D eigenvalue weighted by Gasteiger charge is -2.16. The Morgan fingerprint density at radius 3 is 1.66 bits per heavy atom. The van der Waals surface area contributed by atoms with Crippen LogP contribution in [-0.4, -0.2) is 8.42 Å². The number of hydrogen-bond acceptors (Lipinski definition) is 2. The molecule has 0 radical (unpaired) electrons. The third-order valence-electron chi connectivity index (χ3n) is 5.18. The van der Waals surface area contributed by atoms with Gasteiger partial charge >= 0.3 is 0 Å². The van der Waals surface area contributed by atoms with Crippen molar-refractivity contribution in [2.24, 2.45) is 0 Å². The summed E-state index contributed by atoms with van der Waals surface area (Å²) >= 11 is 0. The van der Waals surface area contributed by atoms with Gasteiger partial charge in [-0.15, -0.1) is 0 Å². The molecule has 4 aromatic rings. The summed E-state index contributed by atoms with van der Waals surface area (Å²) in [5.41, 5.74) is 3.15. The van der Waals surface area contributed by atoms with E-state index in [0.29, 0.717) is 10.6 Å². The van der Waals surface area contributed by atoms with Gasteiger partial charge in [-0.25, -0.2) is 8.42 Å². The molecule has 0 aliphatic heterocycles. The summed E-state index contributed by atoms with van der Waals surface area (Å²) < 4.78 is 29.9. The molecule has 0 fully saturated rings. The number of nitrogens with one attached hydrogen (secondary N) is 1. The summed E-state index contributed by atoms with van der Waals surface area (Å²) in [5.74, 6) is 0. The standard InChI is InChI=1S/C27H26NO2S2/c1-20-18-21(2)27(22(3)19-20)32(29,30)28-25-16-10-11-17-26(25)31(23-12-6-4-7-13-23)24-14-8-5-9-15-24/h4-19,28H,1-3H3/q+1. The Hall–Kier alpha value is -3.02. The molecule has 162 valence electrons. The van der Waals surface area contributed by atoms with Gasteiger partial charge < -0.3 is 0 Å².